The van der Waals surface area contributed by atoms with Gasteiger partial charge >= 0.3 is 0 Å². The second-order valence-corrected chi connectivity index (χ2v) is 8.16. The second-order valence-electron chi connectivity index (χ2n) is 4.95. The molecule has 0 aliphatic heterocycles. The zero-order chi connectivity index (χ0) is 15.3. The Bertz CT molecular complexity index is 659. The van der Waals surface area contributed by atoms with Crippen molar-refractivity contribution in [2.75, 3.05) is 12.3 Å². The van der Waals surface area contributed by atoms with Crippen LogP contribution >= 0.6 is 11.3 Å². The maximum Gasteiger partial charge on any atom is 0.211 e. The average molecular weight is 324 g/mol. The van der Waals surface area contributed by atoms with Gasteiger partial charge in [0, 0.05) is 17.8 Å². The summed E-state index contributed by atoms with van der Waals surface area (Å²) < 4.78 is 26.5. The van der Waals surface area contributed by atoms with Gasteiger partial charge in [-0.05, 0) is 25.8 Å². The zero-order valence-corrected chi connectivity index (χ0v) is 13.9. The summed E-state index contributed by atoms with van der Waals surface area (Å²) in [6, 6.07) is 9.65. The van der Waals surface area contributed by atoms with Gasteiger partial charge in [0.25, 0.3) is 0 Å². The molecule has 4 nitrogen and oxygen atoms in total. The number of sulfonamides is 1. The highest BCUT2D eigenvalue weighted by Crippen LogP contribution is 2.16. The van der Waals surface area contributed by atoms with Crippen LogP contribution in [0.5, 0.6) is 0 Å². The molecule has 2 aromatic rings. The summed E-state index contributed by atoms with van der Waals surface area (Å²) in [5.41, 5.74) is 2.07. The Morgan fingerprint density at radius 2 is 1.86 bits per heavy atom. The van der Waals surface area contributed by atoms with Crippen molar-refractivity contribution < 1.29 is 8.42 Å². The molecule has 0 fully saturated rings. The third kappa shape index (κ3) is 5.22. The van der Waals surface area contributed by atoms with Gasteiger partial charge in [0.1, 0.15) is 0 Å². The number of aromatic nitrogens is 1. The number of rotatable bonds is 7. The van der Waals surface area contributed by atoms with Crippen LogP contribution in [0.25, 0.3) is 0 Å². The summed E-state index contributed by atoms with van der Waals surface area (Å²) in [6.07, 6.45) is 1.18. The molecule has 2 rings (SSSR count). The molecular formula is C15H20N2O2S2. The normalized spacial score (nSPS) is 11.7. The molecule has 0 spiro atoms. The molecule has 0 aliphatic carbocycles. The molecule has 1 aromatic carbocycles. The fourth-order valence-electron chi connectivity index (χ4n) is 1.93. The molecule has 0 unspecified atom stereocenters. The lowest BCUT2D eigenvalue weighted by Gasteiger charge is -2.06. The predicted octanol–water partition coefficient (Wildman–Crippen LogP) is 2.46. The predicted molar refractivity (Wildman–Crippen MR) is 87.2 cm³/mol. The fraction of sp³-hybridized carbons (Fsp3) is 0.400. The molecular weight excluding hydrogens is 304 g/mol. The Hall–Kier alpha value is -1.24. The molecule has 114 valence electrons. The van der Waals surface area contributed by atoms with Crippen molar-refractivity contribution in [2.24, 2.45) is 0 Å². The van der Waals surface area contributed by atoms with Crippen molar-refractivity contribution in [3.63, 3.8) is 0 Å². The Labute approximate surface area is 130 Å². The number of nitrogens with one attached hydrogen (secondary N) is 1. The van der Waals surface area contributed by atoms with E-state index >= 15 is 0 Å². The van der Waals surface area contributed by atoms with Crippen LogP contribution in [-0.2, 0) is 22.9 Å². The van der Waals surface area contributed by atoms with E-state index in [1.54, 1.807) is 11.3 Å². The highest BCUT2D eigenvalue weighted by atomic mass is 32.2. The maximum atomic E-state index is 11.9. The number of nitrogens with zero attached hydrogens (tertiary/aromatic N) is 1. The monoisotopic (exact) mass is 324 g/mol. The minimum Gasteiger partial charge on any atom is -0.246 e. The van der Waals surface area contributed by atoms with Crippen molar-refractivity contribution in [1.82, 2.24) is 9.71 Å². The average Bonchev–Trinajstić information content (AvgIpc) is 2.76. The first-order chi connectivity index (χ1) is 9.96. The third-order valence-corrected chi connectivity index (χ3v) is 5.75. The van der Waals surface area contributed by atoms with Gasteiger partial charge in [-0.1, -0.05) is 30.3 Å². The van der Waals surface area contributed by atoms with E-state index in [9.17, 15) is 8.42 Å². The summed E-state index contributed by atoms with van der Waals surface area (Å²) in [5.74, 6) is 0.118. The van der Waals surface area contributed by atoms with E-state index in [0.717, 1.165) is 16.3 Å². The molecule has 1 aromatic heterocycles. The first-order valence-corrected chi connectivity index (χ1v) is 9.37. The molecule has 0 radical (unpaired) electrons. The summed E-state index contributed by atoms with van der Waals surface area (Å²) in [5, 5.41) is 0.982. The largest absolute Gasteiger partial charge is 0.246 e. The topological polar surface area (TPSA) is 59.1 Å². The second kappa shape index (κ2) is 7.15. The molecule has 6 heteroatoms. The molecule has 0 bridgehead atoms. The van der Waals surface area contributed by atoms with Crippen molar-refractivity contribution >= 4 is 21.4 Å². The van der Waals surface area contributed by atoms with Gasteiger partial charge in [0.2, 0.25) is 10.0 Å². The summed E-state index contributed by atoms with van der Waals surface area (Å²) >= 11 is 1.63. The van der Waals surface area contributed by atoms with Gasteiger partial charge < -0.3 is 0 Å². The lowest BCUT2D eigenvalue weighted by atomic mass is 10.2. The summed E-state index contributed by atoms with van der Waals surface area (Å²) in [7, 11) is -3.23. The lowest BCUT2D eigenvalue weighted by Crippen LogP contribution is -2.29. The third-order valence-electron chi connectivity index (χ3n) is 3.24. The van der Waals surface area contributed by atoms with Crippen molar-refractivity contribution in [2.45, 2.75) is 26.7 Å². The number of aryl methyl sites for hydroxylation is 3. The van der Waals surface area contributed by atoms with Crippen molar-refractivity contribution in [1.29, 1.82) is 0 Å². The zero-order valence-electron chi connectivity index (χ0n) is 12.3. The molecule has 0 saturated heterocycles. The molecule has 0 amide bonds. The summed E-state index contributed by atoms with van der Waals surface area (Å²) in [4.78, 5) is 5.60. The maximum absolute atomic E-state index is 11.9. The molecule has 1 N–H and O–H groups in total. The van der Waals surface area contributed by atoms with E-state index in [1.165, 1.54) is 4.88 Å². The first kappa shape index (κ1) is 16.1. The quantitative estimate of drug-likeness (QED) is 0.851. The standard InChI is InChI=1S/C15H20N2O2S2/c1-12-13(2)20-15(17-12)8-10-16-21(18,19)11-9-14-6-4-3-5-7-14/h3-7,16H,8-11H2,1-2H3. The van der Waals surface area contributed by atoms with Crippen LogP contribution in [0.15, 0.2) is 30.3 Å². The molecule has 1 heterocycles. The van der Waals surface area contributed by atoms with Gasteiger partial charge in [0.05, 0.1) is 16.5 Å². The lowest BCUT2D eigenvalue weighted by molar-refractivity contribution is 0.581. The number of hydrogen-bond donors (Lipinski definition) is 1. The van der Waals surface area contributed by atoms with Crippen molar-refractivity contribution in [3.8, 4) is 0 Å². The van der Waals surface area contributed by atoms with Crippen LogP contribution in [-0.4, -0.2) is 25.7 Å². The molecule has 0 saturated carbocycles. The Morgan fingerprint density at radius 3 is 2.48 bits per heavy atom. The van der Waals surface area contributed by atoms with Crippen LogP contribution in [0, 0.1) is 13.8 Å². The van der Waals surface area contributed by atoms with E-state index in [-0.39, 0.29) is 5.75 Å². The van der Waals surface area contributed by atoms with Crippen molar-refractivity contribution in [3.05, 3.63) is 51.5 Å². The minimum atomic E-state index is -3.23. The SMILES string of the molecule is Cc1nc(CCNS(=O)(=O)CCc2ccccc2)sc1C. The highest BCUT2D eigenvalue weighted by Gasteiger charge is 2.11. The van der Waals surface area contributed by atoms with Crippen LogP contribution in [0.4, 0.5) is 0 Å². The van der Waals surface area contributed by atoms with Crippen LogP contribution < -0.4 is 4.72 Å². The number of hydrogen-bond acceptors (Lipinski definition) is 4. The van der Waals surface area contributed by atoms with Gasteiger partial charge in [-0.25, -0.2) is 18.1 Å². The van der Waals surface area contributed by atoms with Gasteiger partial charge in [-0.15, -0.1) is 11.3 Å². The Balaban J connectivity index is 1.78. The number of thiazole rings is 1. The smallest absolute Gasteiger partial charge is 0.211 e. The van der Waals surface area contributed by atoms with E-state index in [0.29, 0.717) is 19.4 Å². The first-order valence-electron chi connectivity index (χ1n) is 6.90. The summed E-state index contributed by atoms with van der Waals surface area (Å²) in [6.45, 7) is 4.41. The van der Waals surface area contributed by atoms with Crippen LogP contribution in [0.2, 0.25) is 0 Å². The highest BCUT2D eigenvalue weighted by molar-refractivity contribution is 7.89. The number of benzene rings is 1. The van der Waals surface area contributed by atoms with E-state index in [1.807, 2.05) is 44.2 Å². The van der Waals surface area contributed by atoms with E-state index < -0.39 is 10.0 Å². The minimum absolute atomic E-state index is 0.118. The Morgan fingerprint density at radius 1 is 1.14 bits per heavy atom. The van der Waals surface area contributed by atoms with E-state index in [2.05, 4.69) is 9.71 Å². The molecule has 0 atom stereocenters. The van der Waals surface area contributed by atoms with Crippen LogP contribution in [0.3, 0.4) is 0 Å². The van der Waals surface area contributed by atoms with Crippen LogP contribution in [0.1, 0.15) is 21.1 Å². The fourth-order valence-corrected chi connectivity index (χ4v) is 3.92. The molecule has 21 heavy (non-hydrogen) atoms. The van der Waals surface area contributed by atoms with Gasteiger partial charge in [-0.2, -0.15) is 0 Å². The Kier molecular flexibility index (Phi) is 5.50. The van der Waals surface area contributed by atoms with E-state index in [4.69, 9.17) is 0 Å². The van der Waals surface area contributed by atoms with Gasteiger partial charge in [-0.3, -0.25) is 0 Å². The van der Waals surface area contributed by atoms with Gasteiger partial charge in [0.15, 0.2) is 0 Å². The molecule has 0 aliphatic rings.